The minimum absolute atomic E-state index is 0.0485. The lowest BCUT2D eigenvalue weighted by Gasteiger charge is -2.21. The lowest BCUT2D eigenvalue weighted by Crippen LogP contribution is -2.24. The zero-order chi connectivity index (χ0) is 21.4. The zero-order valence-electron chi connectivity index (χ0n) is 16.9. The van der Waals surface area contributed by atoms with Crippen LogP contribution < -0.4 is 0 Å². The van der Waals surface area contributed by atoms with Gasteiger partial charge in [0.1, 0.15) is 12.2 Å². The van der Waals surface area contributed by atoms with Crippen LogP contribution in [0.15, 0.2) is 48.5 Å². The maximum atomic E-state index is 13.7. The van der Waals surface area contributed by atoms with Crippen molar-refractivity contribution >= 4 is 11.9 Å². The highest BCUT2D eigenvalue weighted by atomic mass is 19.2. The Bertz CT molecular complexity index is 829. The van der Waals surface area contributed by atoms with Gasteiger partial charge < -0.3 is 9.47 Å². The van der Waals surface area contributed by atoms with Crippen molar-refractivity contribution in [3.05, 3.63) is 71.3 Å². The van der Waals surface area contributed by atoms with Gasteiger partial charge in [0.2, 0.25) is 0 Å². The molecule has 1 unspecified atom stereocenters. The SMILES string of the molecule is CC(C)(C)OC(=O)CCC(CC(=O)OCc1ccccc1)c1ccc(F)c(F)c1. The maximum Gasteiger partial charge on any atom is 0.306 e. The zero-order valence-corrected chi connectivity index (χ0v) is 16.9. The first-order valence-corrected chi connectivity index (χ1v) is 9.50. The predicted octanol–water partition coefficient (Wildman–Crippen LogP) is 5.30. The predicted molar refractivity (Wildman–Crippen MR) is 105 cm³/mol. The van der Waals surface area contributed by atoms with Crippen molar-refractivity contribution in [2.75, 3.05) is 0 Å². The third kappa shape index (κ3) is 8.02. The molecule has 4 nitrogen and oxygen atoms in total. The largest absolute Gasteiger partial charge is 0.461 e. The number of benzene rings is 2. The minimum atomic E-state index is -0.998. The molecule has 0 aliphatic heterocycles. The van der Waals surface area contributed by atoms with E-state index in [0.29, 0.717) is 5.56 Å². The van der Waals surface area contributed by atoms with Gasteiger partial charge in [-0.2, -0.15) is 0 Å². The number of rotatable bonds is 8. The van der Waals surface area contributed by atoms with Crippen molar-refractivity contribution in [2.45, 2.75) is 58.2 Å². The Kier molecular flexibility index (Phi) is 7.88. The average molecular weight is 404 g/mol. The van der Waals surface area contributed by atoms with E-state index in [1.165, 1.54) is 6.07 Å². The first kappa shape index (κ1) is 22.5. The molecule has 0 fully saturated rings. The number of hydrogen-bond acceptors (Lipinski definition) is 4. The van der Waals surface area contributed by atoms with Gasteiger partial charge in [0.05, 0.1) is 6.42 Å². The summed E-state index contributed by atoms with van der Waals surface area (Å²) in [7, 11) is 0. The summed E-state index contributed by atoms with van der Waals surface area (Å²) in [4.78, 5) is 24.4. The van der Waals surface area contributed by atoms with E-state index in [9.17, 15) is 18.4 Å². The quantitative estimate of drug-likeness (QED) is 0.560. The average Bonchev–Trinajstić information content (AvgIpc) is 2.65. The lowest BCUT2D eigenvalue weighted by molar-refractivity contribution is -0.155. The van der Waals surface area contributed by atoms with E-state index in [-0.39, 0.29) is 25.9 Å². The second-order valence-corrected chi connectivity index (χ2v) is 7.85. The van der Waals surface area contributed by atoms with Gasteiger partial charge in [-0.15, -0.1) is 0 Å². The Labute approximate surface area is 169 Å². The summed E-state index contributed by atoms with van der Waals surface area (Å²) in [6.07, 6.45) is 0.244. The summed E-state index contributed by atoms with van der Waals surface area (Å²) < 4.78 is 37.6. The second kappa shape index (κ2) is 10.1. The van der Waals surface area contributed by atoms with E-state index in [1.54, 1.807) is 20.8 Å². The molecule has 156 valence electrons. The van der Waals surface area contributed by atoms with Gasteiger partial charge in [0, 0.05) is 6.42 Å². The third-order valence-electron chi connectivity index (χ3n) is 4.19. The van der Waals surface area contributed by atoms with Gasteiger partial charge in [-0.25, -0.2) is 8.78 Å². The van der Waals surface area contributed by atoms with Crippen LogP contribution in [0.1, 0.15) is 57.1 Å². The molecule has 0 radical (unpaired) electrons. The summed E-state index contributed by atoms with van der Waals surface area (Å²) in [5.74, 6) is -3.36. The molecule has 0 aliphatic rings. The van der Waals surface area contributed by atoms with E-state index >= 15 is 0 Å². The normalized spacial score (nSPS) is 12.3. The number of carbonyl (C=O) groups excluding carboxylic acids is 2. The maximum absolute atomic E-state index is 13.7. The summed E-state index contributed by atoms with van der Waals surface area (Å²) in [6.45, 7) is 5.41. The molecule has 0 bridgehead atoms. The fraction of sp³-hybridized carbons (Fsp3) is 0.391. The van der Waals surface area contributed by atoms with Gasteiger partial charge in [-0.1, -0.05) is 36.4 Å². The standard InChI is InChI=1S/C23H26F2O4/c1-23(2,3)29-21(26)12-10-18(17-9-11-19(24)20(25)13-17)14-22(27)28-15-16-7-5-4-6-8-16/h4-9,11,13,18H,10,12,14-15H2,1-3H3. The van der Waals surface area contributed by atoms with Gasteiger partial charge in [-0.05, 0) is 56.4 Å². The minimum Gasteiger partial charge on any atom is -0.461 e. The Morgan fingerprint density at radius 1 is 0.966 bits per heavy atom. The van der Waals surface area contributed by atoms with Crippen LogP contribution in [0.3, 0.4) is 0 Å². The summed E-state index contributed by atoms with van der Waals surface area (Å²) in [5.41, 5.74) is 0.659. The van der Waals surface area contributed by atoms with Crippen molar-refractivity contribution in [3.8, 4) is 0 Å². The van der Waals surface area contributed by atoms with E-state index in [0.717, 1.165) is 17.7 Å². The second-order valence-electron chi connectivity index (χ2n) is 7.85. The molecule has 2 aromatic carbocycles. The summed E-state index contributed by atoms with van der Waals surface area (Å²) in [5, 5.41) is 0. The van der Waals surface area contributed by atoms with Crippen molar-refractivity contribution in [1.29, 1.82) is 0 Å². The van der Waals surface area contributed by atoms with Crippen molar-refractivity contribution in [2.24, 2.45) is 0 Å². The van der Waals surface area contributed by atoms with Crippen LogP contribution in [0.2, 0.25) is 0 Å². The summed E-state index contributed by atoms with van der Waals surface area (Å²) in [6, 6.07) is 12.7. The highest BCUT2D eigenvalue weighted by Crippen LogP contribution is 2.28. The van der Waals surface area contributed by atoms with Crippen molar-refractivity contribution < 1.29 is 27.8 Å². The van der Waals surface area contributed by atoms with Crippen LogP contribution in [0.25, 0.3) is 0 Å². The van der Waals surface area contributed by atoms with E-state index in [2.05, 4.69) is 0 Å². The van der Waals surface area contributed by atoms with Crippen LogP contribution in [0.4, 0.5) is 8.78 Å². The Hall–Kier alpha value is -2.76. The topological polar surface area (TPSA) is 52.6 Å². The van der Waals surface area contributed by atoms with Crippen molar-refractivity contribution in [1.82, 2.24) is 0 Å². The molecule has 0 spiro atoms. The molecule has 0 aromatic heterocycles. The van der Waals surface area contributed by atoms with Gasteiger partial charge >= 0.3 is 11.9 Å². The van der Waals surface area contributed by atoms with Crippen LogP contribution in [-0.4, -0.2) is 17.5 Å². The number of esters is 2. The van der Waals surface area contributed by atoms with Crippen LogP contribution in [0, 0.1) is 11.6 Å². The first-order chi connectivity index (χ1) is 13.6. The number of halogens is 2. The molecule has 2 rings (SSSR count). The number of carbonyl (C=O) groups is 2. The van der Waals surface area contributed by atoms with E-state index in [4.69, 9.17) is 9.47 Å². The van der Waals surface area contributed by atoms with Crippen LogP contribution >= 0.6 is 0 Å². The number of hydrogen-bond donors (Lipinski definition) is 0. The van der Waals surface area contributed by atoms with Crippen LogP contribution in [-0.2, 0) is 25.7 Å². The fourth-order valence-corrected chi connectivity index (χ4v) is 2.84. The molecule has 29 heavy (non-hydrogen) atoms. The molecule has 0 saturated carbocycles. The molecule has 0 saturated heterocycles. The first-order valence-electron chi connectivity index (χ1n) is 9.50. The summed E-state index contributed by atoms with van der Waals surface area (Å²) >= 11 is 0. The monoisotopic (exact) mass is 404 g/mol. The molecule has 0 aliphatic carbocycles. The van der Waals surface area contributed by atoms with Crippen molar-refractivity contribution in [3.63, 3.8) is 0 Å². The smallest absolute Gasteiger partial charge is 0.306 e. The lowest BCUT2D eigenvalue weighted by atomic mass is 9.91. The Morgan fingerprint density at radius 2 is 1.66 bits per heavy atom. The molecule has 0 heterocycles. The Morgan fingerprint density at radius 3 is 2.28 bits per heavy atom. The fourth-order valence-electron chi connectivity index (χ4n) is 2.84. The Balaban J connectivity index is 2.04. The highest BCUT2D eigenvalue weighted by molar-refractivity contribution is 5.72. The van der Waals surface area contributed by atoms with E-state index in [1.807, 2.05) is 30.3 Å². The highest BCUT2D eigenvalue weighted by Gasteiger charge is 2.22. The number of ether oxygens (including phenoxy) is 2. The molecule has 0 amide bonds. The van der Waals surface area contributed by atoms with E-state index < -0.39 is 35.1 Å². The molecule has 0 N–H and O–H groups in total. The molecule has 2 aromatic rings. The molecular formula is C23H26F2O4. The molecule has 6 heteroatoms. The van der Waals surface area contributed by atoms with Crippen LogP contribution in [0.5, 0.6) is 0 Å². The van der Waals surface area contributed by atoms with Gasteiger partial charge in [-0.3, -0.25) is 9.59 Å². The molecule has 1 atom stereocenters. The van der Waals surface area contributed by atoms with Gasteiger partial charge in [0.25, 0.3) is 0 Å². The molecular weight excluding hydrogens is 378 g/mol. The van der Waals surface area contributed by atoms with Gasteiger partial charge in [0.15, 0.2) is 11.6 Å². The third-order valence-corrected chi connectivity index (χ3v) is 4.19.